The highest BCUT2D eigenvalue weighted by molar-refractivity contribution is 8.00. The quantitative estimate of drug-likeness (QED) is 0.479. The van der Waals surface area contributed by atoms with Crippen LogP contribution in [0.5, 0.6) is 0 Å². The summed E-state index contributed by atoms with van der Waals surface area (Å²) in [6, 6.07) is 15.5. The van der Waals surface area contributed by atoms with Gasteiger partial charge in [0.05, 0.1) is 18.0 Å². The topological polar surface area (TPSA) is 108 Å². The number of hydrogen-bond acceptors (Lipinski definition) is 6. The van der Waals surface area contributed by atoms with Gasteiger partial charge in [-0.15, -0.1) is 11.8 Å². The molecule has 1 aliphatic carbocycles. The number of alkyl carbamates (subject to hydrolysis) is 1. The fraction of sp³-hybridized carbons (Fsp3) is 0.500. The minimum Gasteiger partial charge on any atom is -0.444 e. The van der Waals surface area contributed by atoms with Gasteiger partial charge in [-0.05, 0) is 70.6 Å². The molecule has 3 amide bonds. The monoisotopic (exact) mass is 553 g/mol. The van der Waals surface area contributed by atoms with E-state index in [1.807, 2.05) is 62.4 Å². The molecular formula is C30H39N3O5S. The molecule has 2 aromatic rings. The van der Waals surface area contributed by atoms with E-state index < -0.39 is 40.5 Å². The Kier molecular flexibility index (Phi) is 8.61. The fourth-order valence-corrected chi connectivity index (χ4v) is 6.42. The third-order valence-electron chi connectivity index (χ3n) is 7.16. The number of carbonyl (C=O) groups excluding carboxylic acids is 3. The van der Waals surface area contributed by atoms with Crippen LogP contribution in [0.25, 0.3) is 0 Å². The normalized spacial score (nSPS) is 21.5. The van der Waals surface area contributed by atoms with Gasteiger partial charge in [-0.1, -0.05) is 54.6 Å². The lowest BCUT2D eigenvalue weighted by Gasteiger charge is -2.34. The maximum absolute atomic E-state index is 13.8. The van der Waals surface area contributed by atoms with E-state index in [4.69, 9.17) is 4.74 Å². The number of nitrogens with zero attached hydrogens (tertiary/aromatic N) is 1. The summed E-state index contributed by atoms with van der Waals surface area (Å²) in [6.07, 6.45) is -0.383. The number of fused-ring (bicyclic) bond motifs is 1. The number of ether oxygens (including phenoxy) is 1. The van der Waals surface area contributed by atoms with Crippen molar-refractivity contribution in [3.63, 3.8) is 0 Å². The van der Waals surface area contributed by atoms with Crippen molar-refractivity contribution in [2.24, 2.45) is 0 Å². The molecule has 210 valence electrons. The molecule has 4 atom stereocenters. The second kappa shape index (κ2) is 11.6. The van der Waals surface area contributed by atoms with Crippen molar-refractivity contribution in [3.05, 3.63) is 71.3 Å². The van der Waals surface area contributed by atoms with Gasteiger partial charge in [-0.2, -0.15) is 0 Å². The number of benzene rings is 2. The number of amides is 3. The van der Waals surface area contributed by atoms with Gasteiger partial charge in [-0.25, -0.2) is 4.79 Å². The maximum Gasteiger partial charge on any atom is 0.407 e. The summed E-state index contributed by atoms with van der Waals surface area (Å²) < 4.78 is 4.84. The summed E-state index contributed by atoms with van der Waals surface area (Å²) in [6.45, 7) is 9.11. The van der Waals surface area contributed by atoms with Crippen LogP contribution in [-0.2, 0) is 27.2 Å². The Morgan fingerprint density at radius 1 is 1.10 bits per heavy atom. The van der Waals surface area contributed by atoms with Crippen molar-refractivity contribution in [3.8, 4) is 0 Å². The van der Waals surface area contributed by atoms with Gasteiger partial charge in [0.15, 0.2) is 6.10 Å². The summed E-state index contributed by atoms with van der Waals surface area (Å²) in [5.41, 5.74) is 2.43. The van der Waals surface area contributed by atoms with E-state index in [0.717, 1.165) is 24.0 Å². The van der Waals surface area contributed by atoms with Crippen LogP contribution in [0.2, 0.25) is 0 Å². The van der Waals surface area contributed by atoms with Crippen LogP contribution in [0, 0.1) is 0 Å². The minimum absolute atomic E-state index is 0.114. The van der Waals surface area contributed by atoms with E-state index >= 15 is 0 Å². The molecule has 8 nitrogen and oxygen atoms in total. The van der Waals surface area contributed by atoms with Crippen molar-refractivity contribution < 1.29 is 24.2 Å². The molecule has 0 radical (unpaired) electrons. The van der Waals surface area contributed by atoms with Crippen LogP contribution in [0.4, 0.5) is 4.79 Å². The first-order valence-corrected chi connectivity index (χ1v) is 14.4. The van der Waals surface area contributed by atoms with Crippen LogP contribution >= 0.6 is 11.8 Å². The van der Waals surface area contributed by atoms with Crippen LogP contribution in [-0.4, -0.2) is 62.3 Å². The molecule has 39 heavy (non-hydrogen) atoms. The number of nitrogens with one attached hydrogen (secondary N) is 2. The molecule has 0 saturated carbocycles. The minimum atomic E-state index is -1.57. The molecule has 2 aliphatic rings. The number of aliphatic hydroxyl groups excluding tert-OH is 1. The molecule has 0 spiro atoms. The molecule has 0 unspecified atom stereocenters. The lowest BCUT2D eigenvalue weighted by molar-refractivity contribution is -0.147. The third-order valence-corrected chi connectivity index (χ3v) is 8.54. The van der Waals surface area contributed by atoms with E-state index in [2.05, 4.69) is 16.7 Å². The number of aryl methyl sites for hydroxylation is 1. The molecule has 3 N–H and O–H groups in total. The Balaban J connectivity index is 1.53. The molecular weight excluding hydrogens is 514 g/mol. The fourth-order valence-electron chi connectivity index (χ4n) is 5.28. The van der Waals surface area contributed by atoms with Gasteiger partial charge in [0, 0.05) is 4.75 Å². The van der Waals surface area contributed by atoms with E-state index in [1.165, 1.54) is 22.2 Å². The predicted molar refractivity (Wildman–Crippen MR) is 152 cm³/mol. The predicted octanol–water partition coefficient (Wildman–Crippen LogP) is 3.97. The van der Waals surface area contributed by atoms with Gasteiger partial charge in [-0.3, -0.25) is 9.59 Å². The van der Waals surface area contributed by atoms with Crippen molar-refractivity contribution in [1.29, 1.82) is 0 Å². The largest absolute Gasteiger partial charge is 0.444 e. The summed E-state index contributed by atoms with van der Waals surface area (Å²) in [4.78, 5) is 41.5. The first-order valence-electron chi connectivity index (χ1n) is 13.4. The standard InChI is InChI=1S/C30H39N3O5S/c1-29(2,3)38-28(37)32-23(17-19-11-7-6-8-12-19)24(34)27(36)33-18-39-30(4,5)25(33)26(35)31-22-16-15-20-13-9-10-14-21(20)22/h6-14,22-25,34H,15-18H2,1-5H3,(H,31,35)(H,32,37)/t22-,23+,24+,25-/m1/s1. The molecule has 0 aromatic heterocycles. The summed E-state index contributed by atoms with van der Waals surface area (Å²) in [5, 5.41) is 17.2. The second-order valence-electron chi connectivity index (χ2n) is 11.8. The van der Waals surface area contributed by atoms with Gasteiger partial charge in [0.25, 0.3) is 5.91 Å². The SMILES string of the molecule is CC(C)(C)OC(=O)N[C@@H](Cc1ccccc1)[C@H](O)C(=O)N1CSC(C)(C)[C@H]1C(=O)N[C@@H]1CCc2ccccc21. The Morgan fingerprint density at radius 3 is 2.46 bits per heavy atom. The zero-order chi connectivity index (χ0) is 28.4. The van der Waals surface area contributed by atoms with Gasteiger partial charge in [0.2, 0.25) is 5.91 Å². The lowest BCUT2D eigenvalue weighted by atomic mass is 9.97. The average molecular weight is 554 g/mol. The van der Waals surface area contributed by atoms with Crippen LogP contribution in [0.15, 0.2) is 54.6 Å². The molecule has 9 heteroatoms. The first kappa shape index (κ1) is 29.0. The van der Waals surface area contributed by atoms with Crippen LogP contribution in [0.1, 0.15) is 63.8 Å². The summed E-state index contributed by atoms with van der Waals surface area (Å²) in [7, 11) is 0. The molecule has 4 rings (SSSR count). The Morgan fingerprint density at radius 2 is 1.77 bits per heavy atom. The van der Waals surface area contributed by atoms with E-state index in [-0.39, 0.29) is 24.2 Å². The van der Waals surface area contributed by atoms with Gasteiger partial charge < -0.3 is 25.4 Å². The molecule has 1 heterocycles. The van der Waals surface area contributed by atoms with Crippen LogP contribution < -0.4 is 10.6 Å². The van der Waals surface area contributed by atoms with Gasteiger partial charge >= 0.3 is 6.09 Å². The number of thioether (sulfide) groups is 1. The van der Waals surface area contributed by atoms with Crippen LogP contribution in [0.3, 0.4) is 0 Å². The molecule has 1 aliphatic heterocycles. The lowest BCUT2D eigenvalue weighted by Crippen LogP contribution is -2.59. The molecule has 1 saturated heterocycles. The van der Waals surface area contributed by atoms with Crippen molar-refractivity contribution in [2.75, 3.05) is 5.88 Å². The summed E-state index contributed by atoms with van der Waals surface area (Å²) in [5.74, 6) is -0.587. The number of carbonyl (C=O) groups is 3. The number of hydrogen-bond donors (Lipinski definition) is 3. The second-order valence-corrected chi connectivity index (χ2v) is 13.4. The Bertz CT molecular complexity index is 1200. The van der Waals surface area contributed by atoms with E-state index in [1.54, 1.807) is 20.8 Å². The highest BCUT2D eigenvalue weighted by Gasteiger charge is 2.50. The Hall–Kier alpha value is -3.04. The highest BCUT2D eigenvalue weighted by atomic mass is 32.2. The Labute approximate surface area is 234 Å². The van der Waals surface area contributed by atoms with E-state index in [0.29, 0.717) is 0 Å². The van der Waals surface area contributed by atoms with Crippen molar-refractivity contribution in [1.82, 2.24) is 15.5 Å². The number of aliphatic hydroxyl groups is 1. The van der Waals surface area contributed by atoms with Crippen molar-refractivity contribution >= 4 is 29.7 Å². The molecule has 0 bridgehead atoms. The van der Waals surface area contributed by atoms with E-state index in [9.17, 15) is 19.5 Å². The first-order chi connectivity index (χ1) is 18.4. The average Bonchev–Trinajstić information content (AvgIpc) is 3.42. The van der Waals surface area contributed by atoms with Crippen molar-refractivity contribution in [2.45, 2.75) is 88.5 Å². The highest BCUT2D eigenvalue weighted by Crippen LogP contribution is 2.41. The molecule has 2 aromatic carbocycles. The smallest absolute Gasteiger partial charge is 0.407 e. The maximum atomic E-state index is 13.8. The zero-order valence-corrected chi connectivity index (χ0v) is 24.1. The third kappa shape index (κ3) is 6.94. The summed E-state index contributed by atoms with van der Waals surface area (Å²) >= 11 is 1.49. The number of rotatable bonds is 7. The zero-order valence-electron chi connectivity index (χ0n) is 23.3. The van der Waals surface area contributed by atoms with Gasteiger partial charge in [0.1, 0.15) is 11.6 Å². The molecule has 1 fully saturated rings.